The minimum Gasteiger partial charge on any atom is -0.382 e. The molecular formula is C6H6F3NO2. The third kappa shape index (κ3) is 3.83. The molecule has 0 aliphatic rings. The summed E-state index contributed by atoms with van der Waals surface area (Å²) in [5.41, 5.74) is 0. The van der Waals surface area contributed by atoms with Crippen molar-refractivity contribution < 1.29 is 23.1 Å². The van der Waals surface area contributed by atoms with Gasteiger partial charge >= 0.3 is 6.18 Å². The van der Waals surface area contributed by atoms with Crippen molar-refractivity contribution in [1.29, 1.82) is 0 Å². The summed E-state index contributed by atoms with van der Waals surface area (Å²) < 4.78 is 34.7. The van der Waals surface area contributed by atoms with Crippen molar-refractivity contribution in [3.63, 3.8) is 0 Å². The summed E-state index contributed by atoms with van der Waals surface area (Å²) in [5.74, 6) is 0.556. The molecule has 0 spiro atoms. The smallest absolute Gasteiger partial charge is 0.382 e. The van der Waals surface area contributed by atoms with Gasteiger partial charge in [-0.2, -0.15) is 13.2 Å². The molecule has 2 N–H and O–H groups in total. The Balaban J connectivity index is 3.82. The van der Waals surface area contributed by atoms with Crippen molar-refractivity contribution in [3.8, 4) is 12.3 Å². The molecule has 1 amide bonds. The van der Waals surface area contributed by atoms with E-state index in [-0.39, 0.29) is 0 Å². The van der Waals surface area contributed by atoms with Crippen LogP contribution in [-0.2, 0) is 4.79 Å². The average Bonchev–Trinajstić information content (AvgIpc) is 1.97. The van der Waals surface area contributed by atoms with Crippen LogP contribution in [0.2, 0.25) is 0 Å². The zero-order valence-electron chi connectivity index (χ0n) is 5.85. The van der Waals surface area contributed by atoms with Gasteiger partial charge in [-0.05, 0) is 5.92 Å². The van der Waals surface area contributed by atoms with Gasteiger partial charge in [0.2, 0.25) is 0 Å². The van der Waals surface area contributed by atoms with E-state index in [1.165, 1.54) is 0 Å². The lowest BCUT2D eigenvalue weighted by atomic mass is 10.3. The Labute approximate surface area is 66.6 Å². The number of hydrogen-bond donors (Lipinski definition) is 2. The van der Waals surface area contributed by atoms with Gasteiger partial charge in [0, 0.05) is 0 Å². The minimum absolute atomic E-state index is 0.924. The van der Waals surface area contributed by atoms with E-state index in [2.05, 4.69) is 6.42 Å². The van der Waals surface area contributed by atoms with Crippen LogP contribution in [0.25, 0.3) is 0 Å². The molecule has 6 heteroatoms. The van der Waals surface area contributed by atoms with E-state index < -0.39 is 24.7 Å². The molecule has 0 fully saturated rings. The molecule has 0 aromatic heterocycles. The lowest BCUT2D eigenvalue weighted by Crippen LogP contribution is -2.40. The first-order chi connectivity index (χ1) is 5.38. The Bertz CT molecular complexity index is 206. The SMILES string of the molecule is C#CC(=O)NCC(O)C(F)(F)F. The lowest BCUT2D eigenvalue weighted by molar-refractivity contribution is -0.201. The van der Waals surface area contributed by atoms with Crippen molar-refractivity contribution in [2.24, 2.45) is 0 Å². The lowest BCUT2D eigenvalue weighted by Gasteiger charge is -2.13. The summed E-state index contributed by atoms with van der Waals surface area (Å²) in [4.78, 5) is 10.2. The van der Waals surface area contributed by atoms with Gasteiger partial charge in [0.1, 0.15) is 0 Å². The van der Waals surface area contributed by atoms with Crippen LogP contribution in [0.5, 0.6) is 0 Å². The second-order valence-electron chi connectivity index (χ2n) is 1.91. The quantitative estimate of drug-likeness (QED) is 0.572. The Morgan fingerprint density at radius 2 is 2.17 bits per heavy atom. The molecule has 12 heavy (non-hydrogen) atoms. The first-order valence-corrected chi connectivity index (χ1v) is 2.87. The average molecular weight is 181 g/mol. The van der Waals surface area contributed by atoms with Crippen molar-refractivity contribution in [3.05, 3.63) is 0 Å². The molecule has 0 radical (unpaired) electrons. The van der Waals surface area contributed by atoms with Gasteiger partial charge in [-0.1, -0.05) is 0 Å². The normalized spacial score (nSPS) is 13.2. The summed E-state index contributed by atoms with van der Waals surface area (Å²) in [7, 11) is 0. The number of aliphatic hydroxyl groups excluding tert-OH is 1. The molecule has 1 unspecified atom stereocenters. The van der Waals surface area contributed by atoms with Crippen LogP contribution in [0.1, 0.15) is 0 Å². The maximum Gasteiger partial charge on any atom is 0.416 e. The maximum absolute atomic E-state index is 11.6. The Morgan fingerprint density at radius 3 is 2.50 bits per heavy atom. The number of amides is 1. The summed E-state index contributed by atoms with van der Waals surface area (Å²) in [6.45, 7) is -0.924. The number of carbonyl (C=O) groups is 1. The largest absolute Gasteiger partial charge is 0.416 e. The topological polar surface area (TPSA) is 49.3 Å². The molecule has 1 atom stereocenters. The second kappa shape index (κ2) is 3.97. The Hall–Kier alpha value is -1.22. The molecule has 0 aromatic rings. The van der Waals surface area contributed by atoms with Crippen molar-refractivity contribution in [2.75, 3.05) is 6.54 Å². The number of alkyl halides is 3. The predicted molar refractivity (Wildman–Crippen MR) is 33.9 cm³/mol. The summed E-state index contributed by atoms with van der Waals surface area (Å²) >= 11 is 0. The molecular weight excluding hydrogens is 175 g/mol. The standard InChI is InChI=1S/C6H6F3NO2/c1-2-5(12)10-3-4(11)6(7,8)9/h1,4,11H,3H2,(H,10,12). The fourth-order valence-electron chi connectivity index (χ4n) is 0.356. The summed E-state index contributed by atoms with van der Waals surface area (Å²) in [6.07, 6.45) is -2.77. The molecule has 68 valence electrons. The monoisotopic (exact) mass is 181 g/mol. The van der Waals surface area contributed by atoms with Crippen LogP contribution in [-0.4, -0.2) is 29.8 Å². The van der Waals surface area contributed by atoms with E-state index in [1.807, 2.05) is 0 Å². The molecule has 0 aliphatic carbocycles. The summed E-state index contributed by atoms with van der Waals surface area (Å²) in [6, 6.07) is 0. The fourth-order valence-corrected chi connectivity index (χ4v) is 0.356. The predicted octanol–water partition coefficient (Wildman–Crippen LogP) is -0.341. The van der Waals surface area contributed by atoms with Crippen LogP contribution in [0.15, 0.2) is 0 Å². The Morgan fingerprint density at radius 1 is 1.67 bits per heavy atom. The van der Waals surface area contributed by atoms with Gasteiger partial charge in [0.15, 0.2) is 6.10 Å². The third-order valence-electron chi connectivity index (χ3n) is 0.965. The van der Waals surface area contributed by atoms with Gasteiger partial charge in [0.05, 0.1) is 6.54 Å². The highest BCUT2D eigenvalue weighted by Gasteiger charge is 2.37. The Kier molecular flexibility index (Phi) is 3.57. The number of halogens is 3. The maximum atomic E-state index is 11.6. The molecule has 0 bridgehead atoms. The molecule has 0 saturated heterocycles. The van der Waals surface area contributed by atoms with E-state index in [9.17, 15) is 18.0 Å². The van der Waals surface area contributed by atoms with E-state index in [0.29, 0.717) is 0 Å². The first kappa shape index (κ1) is 10.8. The molecule has 0 aliphatic heterocycles. The number of rotatable bonds is 2. The molecule has 0 aromatic carbocycles. The van der Waals surface area contributed by atoms with Crippen molar-refractivity contribution >= 4 is 5.91 Å². The number of hydrogen-bond acceptors (Lipinski definition) is 2. The second-order valence-corrected chi connectivity index (χ2v) is 1.91. The third-order valence-corrected chi connectivity index (χ3v) is 0.965. The number of terminal acetylenes is 1. The van der Waals surface area contributed by atoms with Gasteiger partial charge in [-0.3, -0.25) is 4.79 Å². The summed E-state index contributed by atoms with van der Waals surface area (Å²) in [5, 5.41) is 10.0. The highest BCUT2D eigenvalue weighted by atomic mass is 19.4. The minimum atomic E-state index is -4.73. The molecule has 3 nitrogen and oxygen atoms in total. The van der Waals surface area contributed by atoms with Gasteiger partial charge in [-0.15, -0.1) is 6.42 Å². The first-order valence-electron chi connectivity index (χ1n) is 2.87. The number of carbonyl (C=O) groups excluding carboxylic acids is 1. The highest BCUT2D eigenvalue weighted by Crippen LogP contribution is 2.18. The zero-order chi connectivity index (χ0) is 9.78. The van der Waals surface area contributed by atoms with Gasteiger partial charge in [0.25, 0.3) is 5.91 Å². The molecule has 0 saturated carbocycles. The van der Waals surface area contributed by atoms with Gasteiger partial charge in [-0.25, -0.2) is 0 Å². The van der Waals surface area contributed by atoms with Crippen LogP contribution in [0, 0.1) is 12.3 Å². The number of aliphatic hydroxyl groups is 1. The van der Waals surface area contributed by atoms with Crippen LogP contribution in [0.3, 0.4) is 0 Å². The van der Waals surface area contributed by atoms with Crippen LogP contribution in [0.4, 0.5) is 13.2 Å². The van der Waals surface area contributed by atoms with Gasteiger partial charge < -0.3 is 10.4 Å². The highest BCUT2D eigenvalue weighted by molar-refractivity contribution is 5.92. The van der Waals surface area contributed by atoms with E-state index in [4.69, 9.17) is 5.11 Å². The van der Waals surface area contributed by atoms with E-state index in [1.54, 1.807) is 11.2 Å². The number of nitrogens with one attached hydrogen (secondary N) is 1. The fraction of sp³-hybridized carbons (Fsp3) is 0.500. The van der Waals surface area contributed by atoms with Crippen LogP contribution >= 0.6 is 0 Å². The van der Waals surface area contributed by atoms with Crippen molar-refractivity contribution in [2.45, 2.75) is 12.3 Å². The molecule has 0 heterocycles. The van der Waals surface area contributed by atoms with E-state index in [0.717, 1.165) is 0 Å². The molecule has 0 rings (SSSR count). The van der Waals surface area contributed by atoms with Crippen LogP contribution < -0.4 is 5.32 Å². The van der Waals surface area contributed by atoms with Crippen molar-refractivity contribution in [1.82, 2.24) is 5.32 Å². The van der Waals surface area contributed by atoms with E-state index >= 15 is 0 Å². The zero-order valence-corrected chi connectivity index (χ0v) is 5.85.